The van der Waals surface area contributed by atoms with Crippen molar-refractivity contribution >= 4 is 49.2 Å². The third kappa shape index (κ3) is 3.20. The van der Waals surface area contributed by atoms with E-state index in [4.69, 9.17) is 9.40 Å². The molecule has 32 heavy (non-hydrogen) atoms. The third-order valence-electron chi connectivity index (χ3n) is 5.40. The SMILES string of the molecule is O=C(N=c1oc2ccc3ccccc3c2cc1-c1nc2ccccc2s1)c1ccccc1. The number of fused-ring (bicyclic) bond motifs is 4. The molecule has 0 atom stereocenters. The monoisotopic (exact) mass is 432 g/mol. The molecular weight excluding hydrogens is 416 g/mol. The maximum atomic E-state index is 12.9. The standard InChI is InChI=1S/C27H16N2O2S/c30-25(18-9-2-1-3-10-18)29-26-21(27-28-22-12-6-7-13-24(22)32-27)16-20-19-11-5-4-8-17(19)14-15-23(20)31-26/h1-16H. The van der Waals surface area contributed by atoms with Crippen molar-refractivity contribution in [2.45, 2.75) is 0 Å². The van der Waals surface area contributed by atoms with Gasteiger partial charge in [-0.15, -0.1) is 11.3 Å². The van der Waals surface area contributed by atoms with Gasteiger partial charge in [-0.3, -0.25) is 4.79 Å². The van der Waals surface area contributed by atoms with Crippen LogP contribution in [0, 0.1) is 0 Å². The topological polar surface area (TPSA) is 55.5 Å². The molecule has 2 heterocycles. The summed E-state index contributed by atoms with van der Waals surface area (Å²) in [6.07, 6.45) is 0. The summed E-state index contributed by atoms with van der Waals surface area (Å²) < 4.78 is 7.29. The van der Waals surface area contributed by atoms with Gasteiger partial charge in [0.1, 0.15) is 10.6 Å². The zero-order valence-corrected chi connectivity index (χ0v) is 17.7. The minimum Gasteiger partial charge on any atom is -0.437 e. The van der Waals surface area contributed by atoms with E-state index in [-0.39, 0.29) is 11.5 Å². The molecule has 0 unspecified atom stereocenters. The summed E-state index contributed by atoms with van der Waals surface area (Å²) in [6, 6.07) is 31.1. The van der Waals surface area contributed by atoms with Gasteiger partial charge in [0.25, 0.3) is 5.91 Å². The van der Waals surface area contributed by atoms with E-state index >= 15 is 0 Å². The summed E-state index contributed by atoms with van der Waals surface area (Å²) in [4.78, 5) is 22.0. The van der Waals surface area contributed by atoms with Crippen LogP contribution in [0.3, 0.4) is 0 Å². The molecule has 0 saturated heterocycles. The Kier molecular flexibility index (Phi) is 4.40. The van der Waals surface area contributed by atoms with Crippen molar-refractivity contribution in [2.24, 2.45) is 4.99 Å². The molecule has 0 aliphatic rings. The van der Waals surface area contributed by atoms with Gasteiger partial charge in [0, 0.05) is 10.9 Å². The summed E-state index contributed by atoms with van der Waals surface area (Å²) >= 11 is 1.56. The third-order valence-corrected chi connectivity index (χ3v) is 6.47. The first kappa shape index (κ1) is 18.7. The zero-order chi connectivity index (χ0) is 21.5. The van der Waals surface area contributed by atoms with Gasteiger partial charge < -0.3 is 4.42 Å². The van der Waals surface area contributed by atoms with Gasteiger partial charge in [-0.1, -0.05) is 60.7 Å². The van der Waals surface area contributed by atoms with Crippen LogP contribution in [0.2, 0.25) is 0 Å². The fourth-order valence-corrected chi connectivity index (χ4v) is 4.81. The van der Waals surface area contributed by atoms with Crippen LogP contribution in [0.5, 0.6) is 0 Å². The Hall–Kier alpha value is -4.09. The van der Waals surface area contributed by atoms with E-state index in [0.29, 0.717) is 16.7 Å². The minimum absolute atomic E-state index is 0.265. The van der Waals surface area contributed by atoms with Crippen LogP contribution in [0.4, 0.5) is 0 Å². The van der Waals surface area contributed by atoms with E-state index in [2.05, 4.69) is 17.1 Å². The first-order chi connectivity index (χ1) is 15.8. The molecule has 0 spiro atoms. The molecule has 6 aromatic rings. The highest BCUT2D eigenvalue weighted by molar-refractivity contribution is 7.21. The predicted molar refractivity (Wildman–Crippen MR) is 129 cm³/mol. The van der Waals surface area contributed by atoms with Gasteiger partial charge in [0.2, 0.25) is 5.55 Å². The minimum atomic E-state index is -0.350. The second-order valence-electron chi connectivity index (χ2n) is 7.43. The first-order valence-corrected chi connectivity index (χ1v) is 11.0. The molecule has 152 valence electrons. The van der Waals surface area contributed by atoms with E-state index in [1.54, 1.807) is 23.5 Å². The van der Waals surface area contributed by atoms with Gasteiger partial charge in [-0.25, -0.2) is 4.98 Å². The summed E-state index contributed by atoms with van der Waals surface area (Å²) in [5.41, 5.74) is 3.07. The zero-order valence-electron chi connectivity index (χ0n) is 16.9. The molecule has 0 aliphatic heterocycles. The highest BCUT2D eigenvalue weighted by Crippen LogP contribution is 2.32. The number of amides is 1. The molecule has 0 N–H and O–H groups in total. The fraction of sp³-hybridized carbons (Fsp3) is 0. The number of thiazole rings is 1. The van der Waals surface area contributed by atoms with Crippen LogP contribution < -0.4 is 5.55 Å². The van der Waals surface area contributed by atoms with Gasteiger partial charge in [-0.05, 0) is 47.2 Å². The number of carbonyl (C=O) groups excluding carboxylic acids is 1. The summed E-state index contributed by atoms with van der Waals surface area (Å²) in [7, 11) is 0. The Morgan fingerprint density at radius 2 is 1.59 bits per heavy atom. The van der Waals surface area contributed by atoms with Crippen molar-refractivity contribution in [3.63, 3.8) is 0 Å². The van der Waals surface area contributed by atoms with Gasteiger partial charge in [0.15, 0.2) is 0 Å². The molecule has 1 amide bonds. The Bertz CT molecular complexity index is 1660. The smallest absolute Gasteiger partial charge is 0.280 e. The molecule has 4 aromatic carbocycles. The van der Waals surface area contributed by atoms with Crippen LogP contribution in [0.25, 0.3) is 42.5 Å². The second-order valence-corrected chi connectivity index (χ2v) is 8.46. The van der Waals surface area contributed by atoms with Crippen LogP contribution in [0.1, 0.15) is 10.4 Å². The van der Waals surface area contributed by atoms with Crippen LogP contribution in [0.15, 0.2) is 106 Å². The molecule has 4 nitrogen and oxygen atoms in total. The Balaban J connectivity index is 1.66. The molecule has 0 fully saturated rings. The number of hydrogen-bond acceptors (Lipinski definition) is 4. The lowest BCUT2D eigenvalue weighted by atomic mass is 10.0. The summed E-state index contributed by atoms with van der Waals surface area (Å²) in [6.45, 7) is 0. The Labute approximate surface area is 187 Å². The van der Waals surface area contributed by atoms with Crippen molar-refractivity contribution < 1.29 is 9.21 Å². The highest BCUT2D eigenvalue weighted by atomic mass is 32.1. The second kappa shape index (κ2) is 7.55. The lowest BCUT2D eigenvalue weighted by Gasteiger charge is -2.06. The highest BCUT2D eigenvalue weighted by Gasteiger charge is 2.15. The molecule has 0 radical (unpaired) electrons. The van der Waals surface area contributed by atoms with Crippen molar-refractivity contribution in [3.05, 3.63) is 108 Å². The van der Waals surface area contributed by atoms with Crippen molar-refractivity contribution in [1.82, 2.24) is 4.98 Å². The average molecular weight is 433 g/mol. The fourth-order valence-electron chi connectivity index (χ4n) is 3.84. The van der Waals surface area contributed by atoms with Gasteiger partial charge in [0.05, 0.1) is 15.8 Å². The van der Waals surface area contributed by atoms with Crippen molar-refractivity contribution in [2.75, 3.05) is 0 Å². The Morgan fingerprint density at radius 1 is 0.812 bits per heavy atom. The molecular formula is C27H16N2O2S. The van der Waals surface area contributed by atoms with Crippen molar-refractivity contribution in [3.8, 4) is 10.6 Å². The Morgan fingerprint density at radius 3 is 2.47 bits per heavy atom. The number of carbonyl (C=O) groups is 1. The normalized spacial score (nSPS) is 12.1. The van der Waals surface area contributed by atoms with E-state index < -0.39 is 0 Å². The number of rotatable bonds is 2. The number of nitrogens with zero attached hydrogens (tertiary/aromatic N) is 2. The molecule has 0 bridgehead atoms. The summed E-state index contributed by atoms with van der Waals surface area (Å²) in [5, 5.41) is 3.93. The molecule has 6 rings (SSSR count). The number of para-hydroxylation sites is 1. The number of benzene rings is 4. The van der Waals surface area contributed by atoms with Crippen LogP contribution in [-0.2, 0) is 0 Å². The quantitative estimate of drug-likeness (QED) is 0.290. The first-order valence-electron chi connectivity index (χ1n) is 10.2. The molecule has 5 heteroatoms. The van der Waals surface area contributed by atoms with Crippen LogP contribution in [-0.4, -0.2) is 10.9 Å². The summed E-state index contributed by atoms with van der Waals surface area (Å²) in [5.74, 6) is -0.350. The van der Waals surface area contributed by atoms with E-state index in [1.807, 2.05) is 72.8 Å². The molecule has 0 aliphatic carbocycles. The maximum absolute atomic E-state index is 12.9. The van der Waals surface area contributed by atoms with Gasteiger partial charge in [-0.2, -0.15) is 4.99 Å². The lowest BCUT2D eigenvalue weighted by molar-refractivity contribution is 0.0995. The van der Waals surface area contributed by atoms with Crippen molar-refractivity contribution in [1.29, 1.82) is 0 Å². The van der Waals surface area contributed by atoms with E-state index in [1.165, 1.54) is 0 Å². The average Bonchev–Trinajstić information content (AvgIpc) is 3.28. The van der Waals surface area contributed by atoms with E-state index in [0.717, 1.165) is 31.4 Å². The van der Waals surface area contributed by atoms with E-state index in [9.17, 15) is 4.79 Å². The predicted octanol–water partition coefficient (Wildman–Crippen LogP) is 6.60. The number of aromatic nitrogens is 1. The van der Waals surface area contributed by atoms with Crippen LogP contribution >= 0.6 is 11.3 Å². The number of hydrogen-bond donors (Lipinski definition) is 0. The van der Waals surface area contributed by atoms with Gasteiger partial charge >= 0.3 is 0 Å². The maximum Gasteiger partial charge on any atom is 0.280 e. The largest absolute Gasteiger partial charge is 0.437 e. The molecule has 2 aromatic heterocycles. The molecule has 0 saturated carbocycles. The lowest BCUT2D eigenvalue weighted by Crippen LogP contribution is -2.10.